The molecule has 0 radical (unpaired) electrons. The largest absolute Gasteiger partial charge is 0.497 e. The summed E-state index contributed by atoms with van der Waals surface area (Å²) in [7, 11) is 1.60. The summed E-state index contributed by atoms with van der Waals surface area (Å²) in [5, 5.41) is 24.2. The number of methoxy groups -OCH3 is 1. The van der Waals surface area contributed by atoms with Crippen molar-refractivity contribution >= 4 is 22.7 Å². The number of para-hydroxylation sites is 1. The van der Waals surface area contributed by atoms with Gasteiger partial charge in [0.05, 0.1) is 25.6 Å². The van der Waals surface area contributed by atoms with Crippen molar-refractivity contribution in [1.29, 1.82) is 0 Å². The summed E-state index contributed by atoms with van der Waals surface area (Å²) < 4.78 is 7.20. The van der Waals surface area contributed by atoms with Crippen LogP contribution in [0.5, 0.6) is 5.75 Å². The van der Waals surface area contributed by atoms with Crippen molar-refractivity contribution in [2.24, 2.45) is 5.73 Å². The number of benzene rings is 3. The number of nitrogens with one attached hydrogen (secondary N) is 2. The second-order valence-electron chi connectivity index (χ2n) is 10.3. The first kappa shape index (κ1) is 28.6. The van der Waals surface area contributed by atoms with Gasteiger partial charge in [0.25, 0.3) is 0 Å². The fourth-order valence-corrected chi connectivity index (χ4v) is 5.32. The number of aromatic amines is 1. The molecule has 2 aromatic heterocycles. The number of amides is 2. The Balaban J connectivity index is 1.62. The van der Waals surface area contributed by atoms with Gasteiger partial charge in [0, 0.05) is 24.0 Å². The van der Waals surface area contributed by atoms with E-state index in [2.05, 4.69) is 20.5 Å². The summed E-state index contributed by atoms with van der Waals surface area (Å²) in [6.45, 7) is 1.78. The van der Waals surface area contributed by atoms with Crippen LogP contribution in [-0.2, 0) is 29.0 Å². The molecule has 5 N–H and O–H groups in total. The van der Waals surface area contributed by atoms with E-state index in [9.17, 15) is 14.7 Å². The number of rotatable bonds is 12. The van der Waals surface area contributed by atoms with Gasteiger partial charge in [0.1, 0.15) is 17.7 Å². The molecule has 3 aromatic carbocycles. The van der Waals surface area contributed by atoms with E-state index in [1.807, 2.05) is 89.6 Å². The van der Waals surface area contributed by atoms with Gasteiger partial charge in [-0.3, -0.25) is 9.59 Å². The molecule has 0 bridgehead atoms. The average Bonchev–Trinajstić information content (AvgIpc) is 3.60. The van der Waals surface area contributed by atoms with Gasteiger partial charge in [-0.2, -0.15) is 0 Å². The quantitative estimate of drug-likeness (QED) is 0.182. The minimum absolute atomic E-state index is 0.219. The zero-order chi connectivity index (χ0) is 29.6. The lowest BCUT2D eigenvalue weighted by atomic mass is 9.92. The molecule has 216 valence electrons. The molecule has 3 atom stereocenters. The molecule has 2 heterocycles. The SMILES string of the molecule is COc1ccc(Cn2c([C@@H](Cc3c[nH]c4ccccc34)C(O)C(N)=O)nnc2[C@@H](Cc2ccccc2)NC(C)=O)cc1. The molecule has 10 heteroatoms. The minimum atomic E-state index is -1.53. The molecule has 1 unspecified atom stereocenters. The number of ether oxygens (including phenoxy) is 1. The van der Waals surface area contributed by atoms with Crippen LogP contribution in [0.15, 0.2) is 85.1 Å². The van der Waals surface area contributed by atoms with E-state index in [1.54, 1.807) is 7.11 Å². The van der Waals surface area contributed by atoms with E-state index >= 15 is 0 Å². The number of hydrogen-bond acceptors (Lipinski definition) is 6. The molecule has 0 aliphatic rings. The minimum Gasteiger partial charge on any atom is -0.497 e. The number of aliphatic hydroxyl groups excluding tert-OH is 1. The highest BCUT2D eigenvalue weighted by molar-refractivity contribution is 5.84. The number of aromatic nitrogens is 4. The van der Waals surface area contributed by atoms with Crippen LogP contribution in [0.25, 0.3) is 10.9 Å². The van der Waals surface area contributed by atoms with Crippen molar-refractivity contribution in [1.82, 2.24) is 25.1 Å². The van der Waals surface area contributed by atoms with Crippen LogP contribution in [0, 0.1) is 0 Å². The van der Waals surface area contributed by atoms with Crippen LogP contribution in [0.4, 0.5) is 0 Å². The average molecular weight is 567 g/mol. The Kier molecular flexibility index (Phi) is 8.63. The summed E-state index contributed by atoms with van der Waals surface area (Å²) in [5.74, 6) is -0.284. The summed E-state index contributed by atoms with van der Waals surface area (Å²) in [4.78, 5) is 28.0. The fraction of sp³-hybridized carbons (Fsp3) is 0.250. The Morgan fingerprint density at radius 1 is 0.952 bits per heavy atom. The van der Waals surface area contributed by atoms with Gasteiger partial charge < -0.3 is 30.4 Å². The van der Waals surface area contributed by atoms with Crippen LogP contribution in [-0.4, -0.2) is 49.9 Å². The van der Waals surface area contributed by atoms with Crippen molar-refractivity contribution in [2.75, 3.05) is 7.11 Å². The van der Waals surface area contributed by atoms with Crippen LogP contribution in [0.1, 0.15) is 47.2 Å². The van der Waals surface area contributed by atoms with Crippen LogP contribution in [0.2, 0.25) is 0 Å². The Labute approximate surface area is 243 Å². The maximum absolute atomic E-state index is 12.4. The molecule has 5 aromatic rings. The first-order valence-electron chi connectivity index (χ1n) is 13.7. The Morgan fingerprint density at radius 3 is 2.33 bits per heavy atom. The number of carbonyl (C=O) groups excluding carboxylic acids is 2. The van der Waals surface area contributed by atoms with Crippen molar-refractivity contribution in [3.05, 3.63) is 113 Å². The second-order valence-corrected chi connectivity index (χ2v) is 10.3. The number of aliphatic hydroxyl groups is 1. The number of nitrogens with zero attached hydrogens (tertiary/aromatic N) is 3. The molecular weight excluding hydrogens is 532 g/mol. The molecule has 0 saturated carbocycles. The summed E-state index contributed by atoms with van der Waals surface area (Å²) in [6, 6.07) is 24.6. The highest BCUT2D eigenvalue weighted by Gasteiger charge is 2.34. The van der Waals surface area contributed by atoms with E-state index < -0.39 is 24.0 Å². The normalized spacial score (nSPS) is 13.4. The fourth-order valence-electron chi connectivity index (χ4n) is 5.32. The van der Waals surface area contributed by atoms with Gasteiger partial charge in [0.15, 0.2) is 5.82 Å². The summed E-state index contributed by atoms with van der Waals surface area (Å²) >= 11 is 0. The van der Waals surface area contributed by atoms with Crippen molar-refractivity contribution < 1.29 is 19.4 Å². The Morgan fingerprint density at radius 2 is 1.64 bits per heavy atom. The zero-order valence-corrected chi connectivity index (χ0v) is 23.5. The molecule has 0 spiro atoms. The van der Waals surface area contributed by atoms with E-state index in [1.165, 1.54) is 6.92 Å². The number of hydrogen-bond donors (Lipinski definition) is 4. The summed E-state index contributed by atoms with van der Waals surface area (Å²) in [6.07, 6.45) is 1.08. The molecule has 0 aliphatic carbocycles. The highest BCUT2D eigenvalue weighted by Crippen LogP contribution is 2.31. The molecule has 5 rings (SSSR count). The first-order valence-corrected chi connectivity index (χ1v) is 13.7. The van der Waals surface area contributed by atoms with E-state index in [4.69, 9.17) is 10.5 Å². The predicted molar refractivity (Wildman–Crippen MR) is 159 cm³/mol. The van der Waals surface area contributed by atoms with Gasteiger partial charge in [0.2, 0.25) is 11.8 Å². The number of carbonyl (C=O) groups is 2. The number of fused-ring (bicyclic) bond motifs is 1. The molecule has 42 heavy (non-hydrogen) atoms. The highest BCUT2D eigenvalue weighted by atomic mass is 16.5. The maximum Gasteiger partial charge on any atom is 0.247 e. The number of H-pyrrole nitrogens is 1. The van der Waals surface area contributed by atoms with Gasteiger partial charge in [-0.05, 0) is 47.7 Å². The third kappa shape index (κ3) is 6.34. The molecule has 0 aliphatic heterocycles. The van der Waals surface area contributed by atoms with E-state index in [-0.39, 0.29) is 12.3 Å². The maximum atomic E-state index is 12.4. The third-order valence-corrected chi connectivity index (χ3v) is 7.40. The topological polar surface area (TPSA) is 148 Å². The van der Waals surface area contributed by atoms with Crippen LogP contribution in [0.3, 0.4) is 0 Å². The first-order chi connectivity index (χ1) is 20.3. The van der Waals surface area contributed by atoms with E-state index in [0.717, 1.165) is 27.6 Å². The second kappa shape index (κ2) is 12.7. The van der Waals surface area contributed by atoms with Crippen LogP contribution < -0.4 is 15.8 Å². The monoisotopic (exact) mass is 566 g/mol. The van der Waals surface area contributed by atoms with Gasteiger partial charge in [-0.15, -0.1) is 10.2 Å². The Hall–Kier alpha value is -4.96. The third-order valence-electron chi connectivity index (χ3n) is 7.40. The zero-order valence-electron chi connectivity index (χ0n) is 23.5. The molecule has 2 amide bonds. The lowest BCUT2D eigenvalue weighted by Crippen LogP contribution is -2.37. The van der Waals surface area contributed by atoms with Gasteiger partial charge in [-0.25, -0.2) is 0 Å². The molecule has 0 fully saturated rings. The van der Waals surface area contributed by atoms with Crippen molar-refractivity contribution in [3.63, 3.8) is 0 Å². The number of primary amides is 1. The lowest BCUT2D eigenvalue weighted by molar-refractivity contribution is -0.127. The lowest BCUT2D eigenvalue weighted by Gasteiger charge is -2.24. The predicted octanol–water partition coefficient (Wildman–Crippen LogP) is 3.41. The Bertz CT molecular complexity index is 1660. The van der Waals surface area contributed by atoms with Gasteiger partial charge >= 0.3 is 0 Å². The van der Waals surface area contributed by atoms with Gasteiger partial charge in [-0.1, -0.05) is 60.7 Å². The van der Waals surface area contributed by atoms with Crippen molar-refractivity contribution in [2.45, 2.75) is 44.4 Å². The molecular formula is C32H34N6O4. The van der Waals surface area contributed by atoms with Crippen LogP contribution >= 0.6 is 0 Å². The molecule has 0 saturated heterocycles. The van der Waals surface area contributed by atoms with Crippen molar-refractivity contribution in [3.8, 4) is 5.75 Å². The standard InChI is InChI=1S/C32H34N6O4/c1-20(39)35-28(16-21-8-4-3-5-9-21)32-37-36-31(38(32)19-22-12-14-24(42-2)15-13-22)26(29(40)30(33)41)17-23-18-34-27-11-7-6-10-25(23)27/h3-15,18,26,28-29,34,40H,16-17,19H2,1-2H3,(H2,33,41)(H,35,39)/t26-,28+,29?/m0/s1. The smallest absolute Gasteiger partial charge is 0.247 e. The molecule has 10 nitrogen and oxygen atoms in total. The summed E-state index contributed by atoms with van der Waals surface area (Å²) in [5.41, 5.74) is 9.42. The number of nitrogens with two attached hydrogens (primary N) is 1. The van der Waals surface area contributed by atoms with E-state index in [0.29, 0.717) is 30.4 Å².